The van der Waals surface area contributed by atoms with Crippen molar-refractivity contribution in [1.82, 2.24) is 9.78 Å². The van der Waals surface area contributed by atoms with E-state index in [0.717, 1.165) is 11.9 Å². The first-order valence-corrected chi connectivity index (χ1v) is 6.43. The van der Waals surface area contributed by atoms with Crippen LogP contribution in [-0.2, 0) is 6.54 Å². The molecule has 1 aromatic heterocycles. The third kappa shape index (κ3) is 1.98. The molecule has 1 heterocycles. The van der Waals surface area contributed by atoms with Crippen LogP contribution < -0.4 is 0 Å². The zero-order chi connectivity index (χ0) is 11.8. The predicted octanol–water partition coefficient (Wildman–Crippen LogP) is 2.66. The molecule has 1 fully saturated rings. The normalized spacial score (nSPS) is 18.1. The van der Waals surface area contributed by atoms with E-state index in [4.69, 9.17) is 0 Å². The molecular weight excluding hydrogens is 274 g/mol. The van der Waals surface area contributed by atoms with Crippen LogP contribution in [0.3, 0.4) is 0 Å². The highest BCUT2D eigenvalue weighted by Gasteiger charge is 2.37. The molecule has 0 spiro atoms. The van der Waals surface area contributed by atoms with Gasteiger partial charge in [-0.1, -0.05) is 22.4 Å². The SMILES string of the molecule is Cc1cn(CC2(CBr)CCC2)nc1[N+](=O)[O-]. The van der Waals surface area contributed by atoms with Crippen LogP contribution in [-0.4, -0.2) is 20.0 Å². The average molecular weight is 288 g/mol. The summed E-state index contributed by atoms with van der Waals surface area (Å²) in [6.07, 6.45) is 5.35. The van der Waals surface area contributed by atoms with Crippen molar-refractivity contribution in [2.24, 2.45) is 5.41 Å². The summed E-state index contributed by atoms with van der Waals surface area (Å²) in [4.78, 5) is 10.3. The molecule has 5 nitrogen and oxygen atoms in total. The van der Waals surface area contributed by atoms with Crippen LogP contribution in [0.5, 0.6) is 0 Å². The molecule has 0 aliphatic heterocycles. The zero-order valence-electron chi connectivity index (χ0n) is 9.15. The highest BCUT2D eigenvalue weighted by atomic mass is 79.9. The largest absolute Gasteiger partial charge is 0.392 e. The summed E-state index contributed by atoms with van der Waals surface area (Å²) in [7, 11) is 0. The quantitative estimate of drug-likeness (QED) is 0.486. The van der Waals surface area contributed by atoms with Gasteiger partial charge in [-0.3, -0.25) is 0 Å². The molecule has 88 valence electrons. The second-order valence-electron chi connectivity index (χ2n) is 4.58. The van der Waals surface area contributed by atoms with Crippen molar-refractivity contribution in [2.45, 2.75) is 32.7 Å². The van der Waals surface area contributed by atoms with Crippen LogP contribution in [0.4, 0.5) is 5.82 Å². The molecule has 16 heavy (non-hydrogen) atoms. The number of aromatic nitrogens is 2. The van der Waals surface area contributed by atoms with Crippen molar-refractivity contribution in [3.63, 3.8) is 0 Å². The fraction of sp³-hybridized carbons (Fsp3) is 0.700. The highest BCUT2D eigenvalue weighted by molar-refractivity contribution is 9.09. The number of hydrogen-bond donors (Lipinski definition) is 0. The molecular formula is C10H14BrN3O2. The van der Waals surface area contributed by atoms with Gasteiger partial charge in [0.05, 0.1) is 23.4 Å². The van der Waals surface area contributed by atoms with E-state index in [2.05, 4.69) is 21.0 Å². The molecule has 0 N–H and O–H groups in total. The van der Waals surface area contributed by atoms with E-state index in [0.29, 0.717) is 5.56 Å². The van der Waals surface area contributed by atoms with Gasteiger partial charge in [-0.05, 0) is 24.7 Å². The molecule has 2 rings (SSSR count). The van der Waals surface area contributed by atoms with Gasteiger partial charge in [0.1, 0.15) is 0 Å². The molecule has 0 unspecified atom stereocenters. The summed E-state index contributed by atoms with van der Waals surface area (Å²) >= 11 is 3.52. The Morgan fingerprint density at radius 1 is 1.69 bits per heavy atom. The topological polar surface area (TPSA) is 61.0 Å². The Morgan fingerprint density at radius 2 is 2.38 bits per heavy atom. The average Bonchev–Trinajstić information content (AvgIpc) is 2.53. The van der Waals surface area contributed by atoms with E-state index in [-0.39, 0.29) is 11.2 Å². The first kappa shape index (κ1) is 11.6. The minimum Gasteiger partial charge on any atom is -0.358 e. The maximum absolute atomic E-state index is 10.7. The number of alkyl halides is 1. The maximum atomic E-state index is 10.7. The van der Waals surface area contributed by atoms with Gasteiger partial charge in [-0.25, -0.2) is 0 Å². The Bertz CT molecular complexity index is 407. The molecule has 1 aliphatic carbocycles. The number of nitrogens with zero attached hydrogens (tertiary/aromatic N) is 3. The smallest absolute Gasteiger partial charge is 0.358 e. The lowest BCUT2D eigenvalue weighted by Gasteiger charge is -2.39. The number of aryl methyl sites for hydroxylation is 1. The Morgan fingerprint density at radius 3 is 2.75 bits per heavy atom. The molecule has 0 saturated heterocycles. The van der Waals surface area contributed by atoms with Crippen molar-refractivity contribution in [2.75, 3.05) is 5.33 Å². The Balaban J connectivity index is 2.16. The first-order valence-electron chi connectivity index (χ1n) is 5.31. The minimum atomic E-state index is -0.423. The zero-order valence-corrected chi connectivity index (χ0v) is 10.7. The number of hydrogen-bond acceptors (Lipinski definition) is 3. The van der Waals surface area contributed by atoms with Crippen molar-refractivity contribution in [3.05, 3.63) is 21.9 Å². The number of nitro groups is 1. The minimum absolute atomic E-state index is 0.0240. The van der Waals surface area contributed by atoms with E-state index in [1.54, 1.807) is 17.8 Å². The molecule has 1 saturated carbocycles. The van der Waals surface area contributed by atoms with Crippen molar-refractivity contribution < 1.29 is 4.92 Å². The van der Waals surface area contributed by atoms with Crippen LogP contribution in [0.1, 0.15) is 24.8 Å². The van der Waals surface area contributed by atoms with Gasteiger partial charge in [0.2, 0.25) is 0 Å². The fourth-order valence-electron chi connectivity index (χ4n) is 2.13. The highest BCUT2D eigenvalue weighted by Crippen LogP contribution is 2.43. The summed E-state index contributed by atoms with van der Waals surface area (Å²) in [5.74, 6) is -0.0240. The van der Waals surface area contributed by atoms with Gasteiger partial charge in [-0.15, -0.1) is 0 Å². The Kier molecular flexibility index (Phi) is 3.01. The Labute approximate surface area is 102 Å². The standard InChI is InChI=1S/C10H14BrN3O2/c1-8-5-13(12-9(8)14(15)16)7-10(6-11)3-2-4-10/h5H,2-4,6-7H2,1H3. The van der Waals surface area contributed by atoms with Crippen molar-refractivity contribution >= 4 is 21.7 Å². The first-order chi connectivity index (χ1) is 7.56. The van der Waals surface area contributed by atoms with Crippen LogP contribution in [0.15, 0.2) is 6.20 Å². The molecule has 1 aromatic rings. The molecule has 0 radical (unpaired) electrons. The molecule has 0 atom stereocenters. The van der Waals surface area contributed by atoms with Gasteiger partial charge >= 0.3 is 5.82 Å². The van der Waals surface area contributed by atoms with E-state index in [1.807, 2.05) is 0 Å². The van der Waals surface area contributed by atoms with Gasteiger partial charge in [0, 0.05) is 10.7 Å². The van der Waals surface area contributed by atoms with E-state index in [9.17, 15) is 10.1 Å². The van der Waals surface area contributed by atoms with Gasteiger partial charge in [0.15, 0.2) is 0 Å². The summed E-state index contributed by atoms with van der Waals surface area (Å²) in [6, 6.07) is 0. The van der Waals surface area contributed by atoms with Crippen LogP contribution >= 0.6 is 15.9 Å². The van der Waals surface area contributed by atoms with Gasteiger partial charge in [0.25, 0.3) is 0 Å². The summed E-state index contributed by atoms with van der Waals surface area (Å²) in [5, 5.41) is 15.6. The van der Waals surface area contributed by atoms with Crippen LogP contribution in [0, 0.1) is 22.5 Å². The number of rotatable bonds is 4. The van der Waals surface area contributed by atoms with Crippen LogP contribution in [0.25, 0.3) is 0 Å². The van der Waals surface area contributed by atoms with Gasteiger partial charge < -0.3 is 10.1 Å². The predicted molar refractivity (Wildman–Crippen MR) is 63.7 cm³/mol. The van der Waals surface area contributed by atoms with E-state index >= 15 is 0 Å². The summed E-state index contributed by atoms with van der Waals surface area (Å²) < 4.78 is 1.72. The number of halogens is 1. The fourth-order valence-corrected chi connectivity index (χ4v) is 2.86. The molecule has 0 amide bonds. The second-order valence-corrected chi connectivity index (χ2v) is 5.14. The van der Waals surface area contributed by atoms with Crippen LogP contribution in [0.2, 0.25) is 0 Å². The maximum Gasteiger partial charge on any atom is 0.392 e. The Hall–Kier alpha value is -0.910. The lowest BCUT2D eigenvalue weighted by atomic mass is 9.70. The monoisotopic (exact) mass is 287 g/mol. The van der Waals surface area contributed by atoms with Gasteiger partial charge in [-0.2, -0.15) is 4.68 Å². The molecule has 6 heteroatoms. The third-order valence-corrected chi connectivity index (χ3v) is 4.48. The summed E-state index contributed by atoms with van der Waals surface area (Å²) in [5.41, 5.74) is 0.890. The lowest BCUT2D eigenvalue weighted by molar-refractivity contribution is -0.390. The van der Waals surface area contributed by atoms with E-state index in [1.165, 1.54) is 19.3 Å². The molecule has 0 aromatic carbocycles. The molecule has 0 bridgehead atoms. The summed E-state index contributed by atoms with van der Waals surface area (Å²) in [6.45, 7) is 2.50. The second kappa shape index (κ2) is 4.16. The van der Waals surface area contributed by atoms with Crippen molar-refractivity contribution in [1.29, 1.82) is 0 Å². The van der Waals surface area contributed by atoms with E-state index < -0.39 is 4.92 Å². The van der Waals surface area contributed by atoms with Crippen molar-refractivity contribution in [3.8, 4) is 0 Å². The third-order valence-electron chi connectivity index (χ3n) is 3.29. The lowest BCUT2D eigenvalue weighted by Crippen LogP contribution is -2.35. The molecule has 1 aliphatic rings.